The molecule has 29 heavy (non-hydrogen) atoms. The number of ether oxygens (including phenoxy) is 1. The smallest absolute Gasteiger partial charge is 0.232 e. The van der Waals surface area contributed by atoms with Gasteiger partial charge in [0, 0.05) is 12.7 Å². The van der Waals surface area contributed by atoms with E-state index in [1.165, 1.54) is 28.5 Å². The summed E-state index contributed by atoms with van der Waals surface area (Å²) < 4.78 is 7.69. The number of hydrogen-bond donors (Lipinski definition) is 0. The third-order valence-corrected chi connectivity index (χ3v) is 5.40. The monoisotopic (exact) mass is 410 g/mol. The second kappa shape index (κ2) is 9.60. The highest BCUT2D eigenvalue weighted by Crippen LogP contribution is 2.20. The Kier molecular flexibility index (Phi) is 6.93. The highest BCUT2D eigenvalue weighted by Gasteiger charge is 2.13. The van der Waals surface area contributed by atoms with Crippen molar-refractivity contribution in [1.82, 2.24) is 19.7 Å². The molecule has 152 valence electrons. The van der Waals surface area contributed by atoms with Gasteiger partial charge in [0.2, 0.25) is 5.91 Å². The Balaban J connectivity index is 1.49. The lowest BCUT2D eigenvalue weighted by Crippen LogP contribution is -2.32. The van der Waals surface area contributed by atoms with Crippen molar-refractivity contribution in [2.24, 2.45) is 0 Å². The summed E-state index contributed by atoms with van der Waals surface area (Å²) in [6, 6.07) is 14.2. The Bertz CT molecular complexity index is 949. The Labute approximate surface area is 175 Å². The molecule has 2 aromatic carbocycles. The number of hydrogen-bond acceptors (Lipinski definition) is 5. The second-order valence-corrected chi connectivity index (χ2v) is 8.04. The fourth-order valence-corrected chi connectivity index (χ4v) is 3.75. The van der Waals surface area contributed by atoms with Crippen molar-refractivity contribution in [3.05, 3.63) is 65.5 Å². The summed E-state index contributed by atoms with van der Waals surface area (Å²) in [5, 5.41) is 8.83. The molecule has 1 amide bonds. The first-order chi connectivity index (χ1) is 13.9. The van der Waals surface area contributed by atoms with Crippen molar-refractivity contribution >= 4 is 17.7 Å². The lowest BCUT2D eigenvalue weighted by atomic mass is 10.1. The van der Waals surface area contributed by atoms with E-state index in [1.54, 1.807) is 18.3 Å². The first kappa shape index (κ1) is 20.9. The standard InChI is InChI=1S/C22H26N4O2S/c1-16-5-7-19(8-6-16)26-15-23-24-22(26)29-14-21(27)25(4)9-10-28-20-12-17(2)11-18(3)13-20/h5-8,11-13,15H,9-10,14H2,1-4H3. The second-order valence-electron chi connectivity index (χ2n) is 7.09. The normalized spacial score (nSPS) is 10.8. The first-order valence-corrected chi connectivity index (χ1v) is 10.5. The van der Waals surface area contributed by atoms with E-state index in [2.05, 4.69) is 16.3 Å². The van der Waals surface area contributed by atoms with Crippen LogP contribution in [-0.2, 0) is 4.79 Å². The quantitative estimate of drug-likeness (QED) is 0.528. The molecule has 0 bridgehead atoms. The van der Waals surface area contributed by atoms with Gasteiger partial charge in [-0.05, 0) is 56.2 Å². The van der Waals surface area contributed by atoms with Crippen LogP contribution in [-0.4, -0.2) is 51.5 Å². The molecule has 3 rings (SSSR count). The van der Waals surface area contributed by atoms with Crippen LogP contribution in [0, 0.1) is 20.8 Å². The minimum absolute atomic E-state index is 0.0254. The van der Waals surface area contributed by atoms with Gasteiger partial charge in [-0.3, -0.25) is 9.36 Å². The van der Waals surface area contributed by atoms with Gasteiger partial charge < -0.3 is 9.64 Å². The molecule has 0 spiro atoms. The van der Waals surface area contributed by atoms with Gasteiger partial charge in [-0.2, -0.15) is 0 Å². The van der Waals surface area contributed by atoms with Gasteiger partial charge in [0.1, 0.15) is 18.7 Å². The number of aromatic nitrogens is 3. The summed E-state index contributed by atoms with van der Waals surface area (Å²) in [4.78, 5) is 14.2. The maximum atomic E-state index is 12.5. The summed E-state index contributed by atoms with van der Waals surface area (Å²) in [6.07, 6.45) is 1.67. The van der Waals surface area contributed by atoms with E-state index in [0.29, 0.717) is 24.1 Å². The van der Waals surface area contributed by atoms with Crippen LogP contribution in [0.5, 0.6) is 5.75 Å². The minimum atomic E-state index is 0.0254. The van der Waals surface area contributed by atoms with E-state index in [1.807, 2.05) is 61.7 Å². The zero-order valence-corrected chi connectivity index (χ0v) is 18.1. The summed E-state index contributed by atoms with van der Waals surface area (Å²) in [5.74, 6) is 1.16. The molecule has 0 fully saturated rings. The Morgan fingerprint density at radius 3 is 2.45 bits per heavy atom. The number of aryl methyl sites for hydroxylation is 3. The van der Waals surface area contributed by atoms with Crippen LogP contribution in [0.15, 0.2) is 53.9 Å². The fraction of sp³-hybridized carbons (Fsp3) is 0.318. The van der Waals surface area contributed by atoms with Crippen molar-refractivity contribution in [2.75, 3.05) is 26.0 Å². The predicted octanol–water partition coefficient (Wildman–Crippen LogP) is 3.82. The van der Waals surface area contributed by atoms with Crippen molar-refractivity contribution in [2.45, 2.75) is 25.9 Å². The largest absolute Gasteiger partial charge is 0.492 e. The topological polar surface area (TPSA) is 60.2 Å². The molecular formula is C22H26N4O2S. The average molecular weight is 411 g/mol. The van der Waals surface area contributed by atoms with Crippen molar-refractivity contribution in [3.8, 4) is 11.4 Å². The van der Waals surface area contributed by atoms with Crippen LogP contribution in [0.2, 0.25) is 0 Å². The number of rotatable bonds is 8. The van der Waals surface area contributed by atoms with Gasteiger partial charge in [0.15, 0.2) is 5.16 Å². The van der Waals surface area contributed by atoms with E-state index in [0.717, 1.165) is 11.4 Å². The van der Waals surface area contributed by atoms with E-state index < -0.39 is 0 Å². The Morgan fingerprint density at radius 1 is 1.07 bits per heavy atom. The van der Waals surface area contributed by atoms with E-state index in [-0.39, 0.29) is 5.91 Å². The molecule has 0 saturated heterocycles. The van der Waals surface area contributed by atoms with E-state index in [9.17, 15) is 4.79 Å². The molecule has 6 nitrogen and oxygen atoms in total. The van der Waals surface area contributed by atoms with Crippen LogP contribution < -0.4 is 4.74 Å². The molecule has 0 radical (unpaired) electrons. The zero-order valence-electron chi connectivity index (χ0n) is 17.3. The number of benzene rings is 2. The van der Waals surface area contributed by atoms with Gasteiger partial charge in [-0.25, -0.2) is 0 Å². The van der Waals surface area contributed by atoms with Crippen LogP contribution in [0.4, 0.5) is 0 Å². The number of amides is 1. The number of likely N-dealkylation sites (N-methyl/N-ethyl adjacent to an activating group) is 1. The third kappa shape index (κ3) is 5.84. The molecule has 3 aromatic rings. The van der Waals surface area contributed by atoms with Crippen molar-refractivity contribution in [3.63, 3.8) is 0 Å². The molecule has 0 N–H and O–H groups in total. The fourth-order valence-electron chi connectivity index (χ4n) is 2.88. The first-order valence-electron chi connectivity index (χ1n) is 9.47. The molecule has 0 aliphatic heterocycles. The molecule has 0 saturated carbocycles. The molecule has 0 aliphatic rings. The molecule has 1 heterocycles. The summed E-state index contributed by atoms with van der Waals surface area (Å²) >= 11 is 1.38. The number of thioether (sulfide) groups is 1. The average Bonchev–Trinajstić information content (AvgIpc) is 3.14. The number of carbonyl (C=O) groups is 1. The summed E-state index contributed by atoms with van der Waals surface area (Å²) in [7, 11) is 1.79. The van der Waals surface area contributed by atoms with Crippen molar-refractivity contribution < 1.29 is 9.53 Å². The molecule has 1 aromatic heterocycles. The molecule has 0 unspecified atom stereocenters. The molecule has 7 heteroatoms. The highest BCUT2D eigenvalue weighted by molar-refractivity contribution is 7.99. The van der Waals surface area contributed by atoms with E-state index >= 15 is 0 Å². The van der Waals surface area contributed by atoms with Gasteiger partial charge >= 0.3 is 0 Å². The van der Waals surface area contributed by atoms with E-state index in [4.69, 9.17) is 4.74 Å². The molecular weight excluding hydrogens is 384 g/mol. The molecule has 0 atom stereocenters. The van der Waals surface area contributed by atoms with Gasteiger partial charge in [0.05, 0.1) is 12.3 Å². The molecule has 0 aliphatic carbocycles. The zero-order chi connectivity index (χ0) is 20.8. The summed E-state index contributed by atoms with van der Waals surface area (Å²) in [6.45, 7) is 7.11. The van der Waals surface area contributed by atoms with Gasteiger partial charge in [-0.15, -0.1) is 10.2 Å². The lowest BCUT2D eigenvalue weighted by molar-refractivity contribution is -0.127. The van der Waals surface area contributed by atoms with Crippen LogP contribution >= 0.6 is 11.8 Å². The third-order valence-electron chi connectivity index (χ3n) is 4.47. The predicted molar refractivity (Wildman–Crippen MR) is 116 cm³/mol. The maximum absolute atomic E-state index is 12.5. The SMILES string of the molecule is Cc1ccc(-n2cnnc2SCC(=O)N(C)CCOc2cc(C)cc(C)c2)cc1. The number of nitrogens with zero attached hydrogens (tertiary/aromatic N) is 4. The van der Waals surface area contributed by atoms with Crippen LogP contribution in [0.1, 0.15) is 16.7 Å². The number of carbonyl (C=O) groups excluding carboxylic acids is 1. The van der Waals surface area contributed by atoms with Gasteiger partial charge in [0.25, 0.3) is 0 Å². The minimum Gasteiger partial charge on any atom is -0.492 e. The lowest BCUT2D eigenvalue weighted by Gasteiger charge is -2.17. The van der Waals surface area contributed by atoms with Crippen LogP contribution in [0.3, 0.4) is 0 Å². The summed E-state index contributed by atoms with van der Waals surface area (Å²) in [5.41, 5.74) is 4.50. The van der Waals surface area contributed by atoms with Crippen molar-refractivity contribution in [1.29, 1.82) is 0 Å². The Hall–Kier alpha value is -2.80. The Morgan fingerprint density at radius 2 is 1.76 bits per heavy atom. The maximum Gasteiger partial charge on any atom is 0.232 e. The highest BCUT2D eigenvalue weighted by atomic mass is 32.2. The van der Waals surface area contributed by atoms with Crippen LogP contribution in [0.25, 0.3) is 5.69 Å². The van der Waals surface area contributed by atoms with Gasteiger partial charge in [-0.1, -0.05) is 35.5 Å².